The number of likely N-dealkylation sites (tertiary alicyclic amines) is 2. The molecule has 6 nitrogen and oxygen atoms in total. The average molecular weight is 238 g/mol. The second-order valence-electron chi connectivity index (χ2n) is 4.42. The summed E-state index contributed by atoms with van der Waals surface area (Å²) >= 11 is 0. The normalized spacial score (nSPS) is 29.8. The molecule has 2 aliphatic rings. The molecule has 0 saturated carbocycles. The lowest BCUT2D eigenvalue weighted by Gasteiger charge is -2.20. The third kappa shape index (κ3) is 1.64. The summed E-state index contributed by atoms with van der Waals surface area (Å²) in [5.74, 6) is -1.81. The van der Waals surface area contributed by atoms with Crippen molar-refractivity contribution in [3.05, 3.63) is 0 Å². The average Bonchev–Trinajstić information content (AvgIpc) is 2.71. The molecule has 2 aliphatic heterocycles. The molecule has 0 aromatic rings. The third-order valence-electron chi connectivity index (χ3n) is 3.44. The van der Waals surface area contributed by atoms with Crippen LogP contribution in [0.4, 0.5) is 0 Å². The van der Waals surface area contributed by atoms with Crippen LogP contribution in [-0.4, -0.2) is 46.5 Å². The van der Waals surface area contributed by atoms with Gasteiger partial charge in [-0.3, -0.25) is 29.0 Å². The lowest BCUT2D eigenvalue weighted by molar-refractivity contribution is -0.148. The molecular weight excluding hydrogens is 224 g/mol. The van der Waals surface area contributed by atoms with Crippen LogP contribution in [-0.2, 0) is 19.2 Å². The quantitative estimate of drug-likeness (QED) is 0.609. The molecule has 2 rings (SSSR count). The van der Waals surface area contributed by atoms with Crippen LogP contribution in [0.3, 0.4) is 0 Å². The molecule has 0 N–H and O–H groups in total. The van der Waals surface area contributed by atoms with Crippen LogP contribution in [0.5, 0.6) is 0 Å². The molecule has 17 heavy (non-hydrogen) atoms. The van der Waals surface area contributed by atoms with Crippen molar-refractivity contribution in [2.75, 3.05) is 7.05 Å². The Balaban J connectivity index is 2.24. The first kappa shape index (κ1) is 11.8. The van der Waals surface area contributed by atoms with E-state index in [0.29, 0.717) is 6.42 Å². The van der Waals surface area contributed by atoms with Crippen LogP contribution in [0.2, 0.25) is 0 Å². The van der Waals surface area contributed by atoms with E-state index in [1.54, 1.807) is 0 Å². The van der Waals surface area contributed by atoms with Gasteiger partial charge in [0, 0.05) is 19.4 Å². The molecule has 4 amide bonds. The largest absolute Gasteiger partial charge is 0.284 e. The Morgan fingerprint density at radius 2 is 1.71 bits per heavy atom. The molecule has 2 saturated heterocycles. The topological polar surface area (TPSA) is 74.8 Å². The number of imide groups is 2. The van der Waals surface area contributed by atoms with Crippen molar-refractivity contribution < 1.29 is 19.2 Å². The molecule has 2 atom stereocenters. The summed E-state index contributed by atoms with van der Waals surface area (Å²) in [6.45, 7) is 1.83. The van der Waals surface area contributed by atoms with E-state index in [1.165, 1.54) is 7.05 Å². The third-order valence-corrected chi connectivity index (χ3v) is 3.44. The lowest BCUT2D eigenvalue weighted by Crippen LogP contribution is -2.44. The number of amides is 4. The Kier molecular flexibility index (Phi) is 2.73. The molecule has 92 valence electrons. The second-order valence-corrected chi connectivity index (χ2v) is 4.42. The van der Waals surface area contributed by atoms with Gasteiger partial charge in [-0.05, 0) is 6.42 Å². The van der Waals surface area contributed by atoms with Gasteiger partial charge >= 0.3 is 0 Å². The maximum absolute atomic E-state index is 11.9. The minimum atomic E-state index is -0.913. The molecule has 2 fully saturated rings. The Morgan fingerprint density at radius 3 is 2.12 bits per heavy atom. The van der Waals surface area contributed by atoms with E-state index in [2.05, 4.69) is 0 Å². The lowest BCUT2D eigenvalue weighted by atomic mass is 10.1. The van der Waals surface area contributed by atoms with Crippen molar-refractivity contribution in [2.24, 2.45) is 5.92 Å². The number of hydrogen-bond acceptors (Lipinski definition) is 4. The fourth-order valence-corrected chi connectivity index (χ4v) is 2.30. The molecule has 6 heteroatoms. The van der Waals surface area contributed by atoms with Gasteiger partial charge in [-0.25, -0.2) is 0 Å². The van der Waals surface area contributed by atoms with Crippen LogP contribution in [0.1, 0.15) is 26.2 Å². The fraction of sp³-hybridized carbons (Fsp3) is 0.636. The van der Waals surface area contributed by atoms with E-state index in [1.807, 2.05) is 6.92 Å². The number of rotatable bonds is 2. The smallest absolute Gasteiger partial charge is 0.252 e. The van der Waals surface area contributed by atoms with Gasteiger partial charge in [-0.2, -0.15) is 0 Å². The van der Waals surface area contributed by atoms with Gasteiger partial charge < -0.3 is 0 Å². The molecular formula is C11H14N2O4. The molecule has 0 aliphatic carbocycles. The zero-order chi connectivity index (χ0) is 12.7. The Hall–Kier alpha value is -1.72. The molecule has 0 spiro atoms. The predicted molar refractivity (Wildman–Crippen MR) is 56.4 cm³/mol. The first-order valence-electron chi connectivity index (χ1n) is 5.63. The molecule has 2 heterocycles. The summed E-state index contributed by atoms with van der Waals surface area (Å²) in [7, 11) is 1.37. The van der Waals surface area contributed by atoms with Crippen molar-refractivity contribution in [1.29, 1.82) is 0 Å². The van der Waals surface area contributed by atoms with Gasteiger partial charge in [0.1, 0.15) is 6.04 Å². The van der Waals surface area contributed by atoms with E-state index in [-0.39, 0.29) is 36.5 Å². The maximum Gasteiger partial charge on any atom is 0.252 e. The van der Waals surface area contributed by atoms with Crippen LogP contribution < -0.4 is 0 Å². The monoisotopic (exact) mass is 238 g/mol. The van der Waals surface area contributed by atoms with Crippen LogP contribution in [0.15, 0.2) is 0 Å². The summed E-state index contributed by atoms with van der Waals surface area (Å²) in [5, 5.41) is 0. The predicted octanol–water partition coefficient (Wildman–Crippen LogP) is -0.471. The van der Waals surface area contributed by atoms with Gasteiger partial charge in [-0.15, -0.1) is 0 Å². The Labute approximate surface area is 98.5 Å². The highest BCUT2D eigenvalue weighted by atomic mass is 16.2. The van der Waals surface area contributed by atoms with Crippen molar-refractivity contribution in [3.8, 4) is 0 Å². The molecule has 0 bridgehead atoms. The SMILES string of the molecule is CCC1CC(=O)N(C2CC(=O)N(C)C2=O)C1=O. The van der Waals surface area contributed by atoms with Gasteiger partial charge in [0.2, 0.25) is 17.7 Å². The zero-order valence-corrected chi connectivity index (χ0v) is 9.80. The zero-order valence-electron chi connectivity index (χ0n) is 9.80. The van der Waals surface area contributed by atoms with E-state index in [4.69, 9.17) is 0 Å². The fourth-order valence-electron chi connectivity index (χ4n) is 2.30. The van der Waals surface area contributed by atoms with Crippen molar-refractivity contribution in [2.45, 2.75) is 32.2 Å². The molecule has 0 aromatic heterocycles. The van der Waals surface area contributed by atoms with Crippen LogP contribution in [0.25, 0.3) is 0 Å². The van der Waals surface area contributed by atoms with Gasteiger partial charge in [0.05, 0.1) is 6.42 Å². The van der Waals surface area contributed by atoms with Crippen molar-refractivity contribution in [1.82, 2.24) is 9.80 Å². The molecule has 0 aromatic carbocycles. The minimum Gasteiger partial charge on any atom is -0.284 e. The Morgan fingerprint density at radius 1 is 1.06 bits per heavy atom. The summed E-state index contributed by atoms with van der Waals surface area (Å²) in [5.41, 5.74) is 0. The van der Waals surface area contributed by atoms with Gasteiger partial charge in [0.15, 0.2) is 0 Å². The number of carbonyl (C=O) groups excluding carboxylic acids is 4. The Bertz CT molecular complexity index is 418. The van der Waals surface area contributed by atoms with Gasteiger partial charge in [0.25, 0.3) is 5.91 Å². The highest BCUT2D eigenvalue weighted by Crippen LogP contribution is 2.28. The molecule has 2 unspecified atom stereocenters. The van der Waals surface area contributed by atoms with Gasteiger partial charge in [-0.1, -0.05) is 6.92 Å². The molecule has 0 radical (unpaired) electrons. The number of likely N-dealkylation sites (N-methyl/N-ethyl adjacent to an activating group) is 1. The van der Waals surface area contributed by atoms with E-state index >= 15 is 0 Å². The first-order valence-corrected chi connectivity index (χ1v) is 5.63. The highest BCUT2D eigenvalue weighted by molar-refractivity contribution is 6.12. The summed E-state index contributed by atoms with van der Waals surface area (Å²) < 4.78 is 0. The van der Waals surface area contributed by atoms with Crippen molar-refractivity contribution >= 4 is 23.6 Å². The van der Waals surface area contributed by atoms with E-state index < -0.39 is 11.9 Å². The highest BCUT2D eigenvalue weighted by Gasteiger charge is 2.49. The summed E-state index contributed by atoms with van der Waals surface area (Å²) in [6, 6.07) is -0.913. The van der Waals surface area contributed by atoms with E-state index in [0.717, 1.165) is 9.80 Å². The number of hydrogen-bond donors (Lipinski definition) is 0. The standard InChI is InChI=1S/C11H14N2O4/c1-3-6-4-9(15)13(10(6)16)7-5-8(14)12(2)11(7)17/h6-7H,3-5H2,1-2H3. The van der Waals surface area contributed by atoms with Crippen molar-refractivity contribution in [3.63, 3.8) is 0 Å². The minimum absolute atomic E-state index is 0.0801. The summed E-state index contributed by atoms with van der Waals surface area (Å²) in [6.07, 6.45) is 0.645. The summed E-state index contributed by atoms with van der Waals surface area (Å²) in [4.78, 5) is 48.7. The van der Waals surface area contributed by atoms with Crippen LogP contribution in [0, 0.1) is 5.92 Å². The number of nitrogens with zero attached hydrogens (tertiary/aromatic N) is 2. The van der Waals surface area contributed by atoms with E-state index in [9.17, 15) is 19.2 Å². The first-order chi connectivity index (χ1) is 7.97. The second kappa shape index (κ2) is 3.94. The number of carbonyl (C=O) groups is 4. The van der Waals surface area contributed by atoms with Crippen LogP contribution >= 0.6 is 0 Å². The maximum atomic E-state index is 11.9.